The normalized spacial score (nSPS) is 11.1. The largest absolute Gasteiger partial charge is 0.358 e. The molecule has 3 rings (SSSR count). The highest BCUT2D eigenvalue weighted by atomic mass is 79.9. The van der Waals surface area contributed by atoms with Crippen LogP contribution in [0.2, 0.25) is 0 Å². The van der Waals surface area contributed by atoms with E-state index < -0.39 is 4.92 Å². The fourth-order valence-electron chi connectivity index (χ4n) is 1.84. The fourth-order valence-corrected chi connectivity index (χ4v) is 2.83. The summed E-state index contributed by atoms with van der Waals surface area (Å²) in [5.41, 5.74) is 3.70. The lowest BCUT2D eigenvalue weighted by molar-refractivity contribution is -0.391. The first-order chi connectivity index (χ1) is 11.5. The Hall–Kier alpha value is -2.66. The van der Waals surface area contributed by atoms with Crippen molar-refractivity contribution in [2.45, 2.75) is 0 Å². The second-order valence-corrected chi connectivity index (χ2v) is 6.48. The number of imidazole rings is 1. The van der Waals surface area contributed by atoms with Gasteiger partial charge in [0.05, 0.1) is 13.3 Å². The van der Waals surface area contributed by atoms with Gasteiger partial charge in [-0.3, -0.25) is 5.43 Å². The van der Waals surface area contributed by atoms with Gasteiger partial charge in [-0.1, -0.05) is 39.4 Å². The second-order valence-electron chi connectivity index (χ2n) is 4.59. The van der Waals surface area contributed by atoms with Crippen molar-refractivity contribution >= 4 is 44.4 Å². The zero-order chi connectivity index (χ0) is 17.1. The average Bonchev–Trinajstić information content (AvgIpc) is 3.15. The molecule has 122 valence electrons. The van der Waals surface area contributed by atoms with E-state index in [-0.39, 0.29) is 5.82 Å². The summed E-state index contributed by atoms with van der Waals surface area (Å²) in [6, 6.07) is 7.65. The summed E-state index contributed by atoms with van der Waals surface area (Å²) in [6.07, 6.45) is 2.84. The molecule has 0 atom stereocenters. The summed E-state index contributed by atoms with van der Waals surface area (Å²) >= 11 is 4.57. The Morgan fingerprint density at radius 2 is 2.12 bits per heavy atom. The summed E-state index contributed by atoms with van der Waals surface area (Å²) in [6.45, 7) is 0. The molecule has 0 amide bonds. The van der Waals surface area contributed by atoms with Crippen LogP contribution < -0.4 is 5.43 Å². The van der Waals surface area contributed by atoms with E-state index in [1.165, 1.54) is 22.1 Å². The SMILES string of the molecule is Cn1c([N+](=O)[O-])cnc1-c1nnc(N/N=C\c2ccc(Br)cc2)s1. The van der Waals surface area contributed by atoms with Gasteiger partial charge in [0.15, 0.2) is 0 Å². The fraction of sp³-hybridized carbons (Fsp3) is 0.0769. The predicted octanol–water partition coefficient (Wildman–Crippen LogP) is 3.06. The van der Waals surface area contributed by atoms with E-state index in [4.69, 9.17) is 0 Å². The number of nitrogens with one attached hydrogen (secondary N) is 1. The smallest absolute Gasteiger partial charge is 0.342 e. The van der Waals surface area contributed by atoms with Gasteiger partial charge in [0, 0.05) is 4.47 Å². The van der Waals surface area contributed by atoms with Crippen molar-refractivity contribution in [3.63, 3.8) is 0 Å². The van der Waals surface area contributed by atoms with Gasteiger partial charge in [-0.05, 0) is 22.6 Å². The van der Waals surface area contributed by atoms with Crippen molar-refractivity contribution in [1.29, 1.82) is 0 Å². The molecule has 0 bridgehead atoms. The van der Waals surface area contributed by atoms with Gasteiger partial charge >= 0.3 is 5.82 Å². The van der Waals surface area contributed by atoms with E-state index in [0.717, 1.165) is 10.0 Å². The minimum Gasteiger partial charge on any atom is -0.358 e. The van der Waals surface area contributed by atoms with Crippen molar-refractivity contribution in [2.75, 3.05) is 5.43 Å². The molecule has 0 saturated carbocycles. The third-order valence-corrected chi connectivity index (χ3v) is 4.36. The summed E-state index contributed by atoms with van der Waals surface area (Å²) in [7, 11) is 1.56. The van der Waals surface area contributed by atoms with Gasteiger partial charge in [0.1, 0.15) is 6.20 Å². The molecule has 0 aliphatic heterocycles. The van der Waals surface area contributed by atoms with Crippen molar-refractivity contribution in [3.8, 4) is 10.8 Å². The highest BCUT2D eigenvalue weighted by molar-refractivity contribution is 9.10. The zero-order valence-electron chi connectivity index (χ0n) is 12.3. The lowest BCUT2D eigenvalue weighted by Crippen LogP contribution is -1.98. The second kappa shape index (κ2) is 6.84. The Bertz CT molecular complexity index is 903. The van der Waals surface area contributed by atoms with Gasteiger partial charge in [-0.25, -0.2) is 9.55 Å². The minimum atomic E-state index is -0.501. The molecule has 0 aliphatic rings. The summed E-state index contributed by atoms with van der Waals surface area (Å²) in [4.78, 5) is 14.4. The number of anilines is 1. The summed E-state index contributed by atoms with van der Waals surface area (Å²) in [5, 5.41) is 23.8. The number of halogens is 1. The Kier molecular flexibility index (Phi) is 4.62. The zero-order valence-corrected chi connectivity index (χ0v) is 14.7. The Morgan fingerprint density at radius 1 is 1.38 bits per heavy atom. The first-order valence-corrected chi connectivity index (χ1v) is 8.20. The van der Waals surface area contributed by atoms with Crippen LogP contribution in [0.3, 0.4) is 0 Å². The van der Waals surface area contributed by atoms with E-state index >= 15 is 0 Å². The number of rotatable bonds is 5. The van der Waals surface area contributed by atoms with Crippen molar-refractivity contribution in [1.82, 2.24) is 19.7 Å². The molecule has 0 fully saturated rings. The molecule has 3 aromatic rings. The van der Waals surface area contributed by atoms with Crippen LogP contribution in [0.4, 0.5) is 10.9 Å². The summed E-state index contributed by atoms with van der Waals surface area (Å²) < 4.78 is 2.35. The molecule has 2 heterocycles. The van der Waals surface area contributed by atoms with Crippen LogP contribution in [0.1, 0.15) is 5.56 Å². The number of aromatic nitrogens is 4. The third-order valence-electron chi connectivity index (χ3n) is 3.01. The van der Waals surface area contributed by atoms with Crippen LogP contribution in [0.25, 0.3) is 10.8 Å². The monoisotopic (exact) mass is 407 g/mol. The molecule has 1 aromatic carbocycles. The first-order valence-electron chi connectivity index (χ1n) is 6.59. The lowest BCUT2D eigenvalue weighted by atomic mass is 10.2. The van der Waals surface area contributed by atoms with Crippen LogP contribution in [0.5, 0.6) is 0 Å². The Balaban J connectivity index is 1.72. The van der Waals surface area contributed by atoms with Crippen molar-refractivity contribution < 1.29 is 4.92 Å². The molecule has 0 aliphatic carbocycles. The van der Waals surface area contributed by atoms with E-state index in [1.807, 2.05) is 24.3 Å². The molecule has 1 N–H and O–H groups in total. The standard InChI is InChI=1S/C13H10BrN7O2S/c1-20-10(21(22)23)7-15-11(20)12-17-19-13(24-12)18-16-6-8-2-4-9(14)5-3-8/h2-7H,1H3,(H,18,19)/b16-6-. The van der Waals surface area contributed by atoms with Gasteiger partial charge in [-0.15, -0.1) is 10.2 Å². The van der Waals surface area contributed by atoms with Crippen LogP contribution in [-0.2, 0) is 7.05 Å². The van der Waals surface area contributed by atoms with E-state index in [2.05, 4.69) is 41.6 Å². The molecule has 9 nitrogen and oxygen atoms in total. The van der Waals surface area contributed by atoms with Gasteiger partial charge in [0.2, 0.25) is 10.1 Å². The number of hydrogen-bond donors (Lipinski definition) is 1. The number of benzene rings is 1. The van der Waals surface area contributed by atoms with Crippen LogP contribution in [0.15, 0.2) is 40.0 Å². The van der Waals surface area contributed by atoms with Gasteiger partial charge < -0.3 is 10.1 Å². The van der Waals surface area contributed by atoms with Crippen LogP contribution in [0, 0.1) is 10.1 Å². The number of hydrogen-bond acceptors (Lipinski definition) is 8. The molecule has 0 saturated heterocycles. The average molecular weight is 408 g/mol. The van der Waals surface area contributed by atoms with Crippen molar-refractivity contribution in [3.05, 3.63) is 50.6 Å². The third kappa shape index (κ3) is 3.46. The van der Waals surface area contributed by atoms with Gasteiger partial charge in [0.25, 0.3) is 5.82 Å². The summed E-state index contributed by atoms with van der Waals surface area (Å²) in [5.74, 6) is 0.270. The molecule has 11 heteroatoms. The highest BCUT2D eigenvalue weighted by Gasteiger charge is 2.21. The maximum Gasteiger partial charge on any atom is 0.342 e. The van der Waals surface area contributed by atoms with Gasteiger partial charge in [-0.2, -0.15) is 5.10 Å². The maximum atomic E-state index is 10.8. The molecular weight excluding hydrogens is 398 g/mol. The Morgan fingerprint density at radius 3 is 2.79 bits per heavy atom. The number of hydrazone groups is 1. The molecular formula is C13H10BrN7O2S. The highest BCUT2D eigenvalue weighted by Crippen LogP contribution is 2.27. The molecule has 2 aromatic heterocycles. The van der Waals surface area contributed by atoms with Crippen molar-refractivity contribution in [2.24, 2.45) is 12.1 Å². The lowest BCUT2D eigenvalue weighted by Gasteiger charge is -1.95. The van der Waals surface area contributed by atoms with E-state index in [0.29, 0.717) is 16.0 Å². The quantitative estimate of drug-likeness (QED) is 0.395. The number of nitrogens with zero attached hydrogens (tertiary/aromatic N) is 6. The van der Waals surface area contributed by atoms with Crippen LogP contribution >= 0.6 is 27.3 Å². The molecule has 24 heavy (non-hydrogen) atoms. The maximum absolute atomic E-state index is 10.8. The molecule has 0 unspecified atom stereocenters. The first kappa shape index (κ1) is 16.2. The van der Waals surface area contributed by atoms with Crippen LogP contribution in [-0.4, -0.2) is 30.9 Å². The number of nitro groups is 1. The van der Waals surface area contributed by atoms with E-state index in [9.17, 15) is 10.1 Å². The molecule has 0 spiro atoms. The molecule has 0 radical (unpaired) electrons. The minimum absolute atomic E-state index is 0.108. The van der Waals surface area contributed by atoms with E-state index in [1.54, 1.807) is 13.3 Å². The predicted molar refractivity (Wildman–Crippen MR) is 94.1 cm³/mol. The topological polar surface area (TPSA) is 111 Å². The Labute approximate surface area is 148 Å².